The Morgan fingerprint density at radius 2 is 1.86 bits per heavy atom. The van der Waals surface area contributed by atoms with Crippen LogP contribution in [0.4, 0.5) is 0 Å². The zero-order valence-corrected chi connectivity index (χ0v) is 15.4. The van der Waals surface area contributed by atoms with E-state index in [0.717, 1.165) is 11.0 Å². The molecule has 1 nitrogen and oxygen atoms in total. The van der Waals surface area contributed by atoms with Gasteiger partial charge in [0.05, 0.1) is 0 Å². The highest BCUT2D eigenvalue weighted by Crippen LogP contribution is 2.32. The van der Waals surface area contributed by atoms with Crippen LogP contribution in [0.5, 0.6) is 0 Å². The summed E-state index contributed by atoms with van der Waals surface area (Å²) in [7, 11) is 0. The minimum Gasteiger partial charge on any atom is -0.308 e. The lowest BCUT2D eigenvalue weighted by molar-refractivity contribution is 0.424. The first-order chi connectivity index (χ1) is 9.83. The highest BCUT2D eigenvalue weighted by Gasteiger charge is 2.09. The first-order valence-electron chi connectivity index (χ1n) is 7.11. The fraction of sp³-hybridized carbons (Fsp3) is 0.333. The van der Waals surface area contributed by atoms with Crippen molar-refractivity contribution < 1.29 is 0 Å². The van der Waals surface area contributed by atoms with Gasteiger partial charge in [-0.2, -0.15) is 0 Å². The van der Waals surface area contributed by atoms with Gasteiger partial charge in [-0.3, -0.25) is 0 Å². The molecule has 0 bridgehead atoms. The third-order valence-corrected chi connectivity index (χ3v) is 4.75. The Morgan fingerprint density at radius 1 is 1.10 bits per heavy atom. The number of benzene rings is 2. The van der Waals surface area contributed by atoms with E-state index in [9.17, 15) is 0 Å². The molecule has 0 spiro atoms. The van der Waals surface area contributed by atoms with Gasteiger partial charge in [0.15, 0.2) is 0 Å². The summed E-state index contributed by atoms with van der Waals surface area (Å²) in [5.41, 5.74) is 2.81. The maximum atomic E-state index is 3.53. The molecule has 0 amide bonds. The molecule has 0 unspecified atom stereocenters. The summed E-state index contributed by atoms with van der Waals surface area (Å²) < 4.78 is 1.12. The maximum absolute atomic E-state index is 3.53. The predicted octanol–water partition coefficient (Wildman–Crippen LogP) is 5.80. The van der Waals surface area contributed by atoms with Crippen molar-refractivity contribution in [3.8, 4) is 0 Å². The van der Waals surface area contributed by atoms with E-state index in [0.29, 0.717) is 0 Å². The summed E-state index contributed by atoms with van der Waals surface area (Å²) in [6.07, 6.45) is 0. The largest absolute Gasteiger partial charge is 0.308 e. The van der Waals surface area contributed by atoms with E-state index in [1.165, 1.54) is 20.9 Å². The number of nitrogens with one attached hydrogen (secondary N) is 1. The van der Waals surface area contributed by atoms with Gasteiger partial charge in [0.1, 0.15) is 0 Å². The van der Waals surface area contributed by atoms with E-state index in [1.54, 1.807) is 0 Å². The smallest absolute Gasteiger partial charge is 0.0210 e. The van der Waals surface area contributed by atoms with Crippen molar-refractivity contribution in [1.82, 2.24) is 5.32 Å². The summed E-state index contributed by atoms with van der Waals surface area (Å²) in [5, 5.41) is 3.53. The molecule has 0 aromatic heterocycles. The summed E-state index contributed by atoms with van der Waals surface area (Å²) in [6.45, 7) is 9.67. The van der Waals surface area contributed by atoms with Crippen molar-refractivity contribution in [3.63, 3.8) is 0 Å². The van der Waals surface area contributed by atoms with Crippen LogP contribution in [-0.2, 0) is 6.54 Å². The monoisotopic (exact) mass is 363 g/mol. The first-order valence-corrected chi connectivity index (χ1v) is 8.72. The van der Waals surface area contributed by atoms with Crippen LogP contribution in [0.25, 0.3) is 0 Å². The van der Waals surface area contributed by atoms with Gasteiger partial charge in [0.25, 0.3) is 0 Å². The Labute approximate surface area is 140 Å². The molecule has 0 aliphatic carbocycles. The Kier molecular flexibility index (Phi) is 5.53. The molecule has 2 aromatic carbocycles. The molecule has 112 valence electrons. The standard InChI is InChI=1S/C18H22BrNS/c1-13-10-14(12-20-18(2,3)4)8-9-17(13)21-16-7-5-6-15(19)11-16/h5-11,20H,12H2,1-4H3. The molecular weight excluding hydrogens is 342 g/mol. The molecule has 21 heavy (non-hydrogen) atoms. The molecule has 0 aliphatic heterocycles. The summed E-state index contributed by atoms with van der Waals surface area (Å²) in [4.78, 5) is 2.57. The molecule has 0 saturated carbocycles. The van der Waals surface area contributed by atoms with Crippen LogP contribution in [0, 0.1) is 6.92 Å². The van der Waals surface area contributed by atoms with Crippen LogP contribution in [0.2, 0.25) is 0 Å². The molecule has 0 radical (unpaired) electrons. The molecule has 2 rings (SSSR count). The second-order valence-electron chi connectivity index (χ2n) is 6.26. The minimum atomic E-state index is 0.150. The van der Waals surface area contributed by atoms with Crippen molar-refractivity contribution in [3.05, 3.63) is 58.1 Å². The molecule has 0 heterocycles. The molecule has 3 heteroatoms. The third-order valence-electron chi connectivity index (χ3n) is 3.09. The minimum absolute atomic E-state index is 0.150. The summed E-state index contributed by atoms with van der Waals surface area (Å²) in [5.74, 6) is 0. The molecule has 0 fully saturated rings. The average molecular weight is 364 g/mol. The van der Waals surface area contributed by atoms with Crippen molar-refractivity contribution in [2.24, 2.45) is 0 Å². The zero-order chi connectivity index (χ0) is 15.5. The van der Waals surface area contributed by atoms with Crippen molar-refractivity contribution in [2.75, 3.05) is 0 Å². The van der Waals surface area contributed by atoms with Gasteiger partial charge >= 0.3 is 0 Å². The number of hydrogen-bond acceptors (Lipinski definition) is 2. The normalized spacial score (nSPS) is 11.7. The molecule has 2 aromatic rings. The highest BCUT2D eigenvalue weighted by atomic mass is 79.9. The average Bonchev–Trinajstić information content (AvgIpc) is 2.38. The second-order valence-corrected chi connectivity index (χ2v) is 8.29. The summed E-state index contributed by atoms with van der Waals surface area (Å²) in [6, 6.07) is 15.1. The van der Waals surface area contributed by atoms with E-state index in [4.69, 9.17) is 0 Å². The highest BCUT2D eigenvalue weighted by molar-refractivity contribution is 9.10. The zero-order valence-electron chi connectivity index (χ0n) is 13.0. The fourth-order valence-corrected chi connectivity index (χ4v) is 3.45. The second kappa shape index (κ2) is 6.99. The van der Waals surface area contributed by atoms with Crippen LogP contribution in [0.1, 0.15) is 31.9 Å². The number of aryl methyl sites for hydroxylation is 1. The number of rotatable bonds is 4. The van der Waals surface area contributed by atoms with Gasteiger partial charge in [-0.05, 0) is 63.1 Å². The lowest BCUT2D eigenvalue weighted by Crippen LogP contribution is -2.35. The lowest BCUT2D eigenvalue weighted by atomic mass is 10.1. The van der Waals surface area contributed by atoms with Crippen molar-refractivity contribution in [1.29, 1.82) is 0 Å². The van der Waals surface area contributed by atoms with Gasteiger partial charge in [-0.25, -0.2) is 0 Å². The topological polar surface area (TPSA) is 12.0 Å². The molecule has 0 atom stereocenters. The maximum Gasteiger partial charge on any atom is 0.0210 e. The van der Waals surface area contributed by atoms with Gasteiger partial charge in [0, 0.05) is 26.3 Å². The Morgan fingerprint density at radius 3 is 2.48 bits per heavy atom. The Hall–Kier alpha value is -0.770. The first kappa shape index (κ1) is 16.6. The van der Waals surface area contributed by atoms with Gasteiger partial charge < -0.3 is 5.32 Å². The van der Waals surface area contributed by atoms with Crippen LogP contribution in [0.15, 0.2) is 56.7 Å². The van der Waals surface area contributed by atoms with E-state index in [1.807, 2.05) is 11.8 Å². The quantitative estimate of drug-likeness (QED) is 0.736. The van der Waals surface area contributed by atoms with Gasteiger partial charge in [-0.15, -0.1) is 0 Å². The van der Waals surface area contributed by atoms with E-state index in [2.05, 4.69) is 91.4 Å². The van der Waals surface area contributed by atoms with Crippen molar-refractivity contribution in [2.45, 2.75) is 49.6 Å². The number of halogens is 1. The van der Waals surface area contributed by atoms with Gasteiger partial charge in [0.2, 0.25) is 0 Å². The van der Waals surface area contributed by atoms with E-state index >= 15 is 0 Å². The SMILES string of the molecule is Cc1cc(CNC(C)(C)C)ccc1Sc1cccc(Br)c1. The fourth-order valence-electron chi connectivity index (χ4n) is 1.96. The predicted molar refractivity (Wildman–Crippen MR) is 96.0 cm³/mol. The number of hydrogen-bond donors (Lipinski definition) is 1. The summed E-state index contributed by atoms with van der Waals surface area (Å²) >= 11 is 5.33. The van der Waals surface area contributed by atoms with Crippen LogP contribution in [0.3, 0.4) is 0 Å². The van der Waals surface area contributed by atoms with Crippen LogP contribution >= 0.6 is 27.7 Å². The lowest BCUT2D eigenvalue weighted by Gasteiger charge is -2.21. The Bertz CT molecular complexity index is 617. The van der Waals surface area contributed by atoms with E-state index in [-0.39, 0.29) is 5.54 Å². The molecular formula is C18H22BrNS. The van der Waals surface area contributed by atoms with Crippen molar-refractivity contribution >= 4 is 27.7 Å². The third kappa shape index (κ3) is 5.50. The molecule has 0 saturated heterocycles. The van der Waals surface area contributed by atoms with Gasteiger partial charge in [-0.1, -0.05) is 45.9 Å². The van der Waals surface area contributed by atoms with Crippen LogP contribution in [-0.4, -0.2) is 5.54 Å². The van der Waals surface area contributed by atoms with Crippen LogP contribution < -0.4 is 5.32 Å². The molecule has 1 N–H and O–H groups in total. The molecule has 0 aliphatic rings. The Balaban J connectivity index is 2.09. The van der Waals surface area contributed by atoms with E-state index < -0.39 is 0 Å².